The number of rotatable bonds is 3. The van der Waals surface area contributed by atoms with E-state index in [-0.39, 0.29) is 22.9 Å². The number of halogens is 3. The number of hydrogen-bond donors (Lipinski definition) is 1. The molecule has 1 amide bonds. The lowest BCUT2D eigenvalue weighted by molar-refractivity contribution is -0.115. The number of carbonyl (C=O) groups excluding carboxylic acids is 1. The maximum Gasteiger partial charge on any atom is 0.229 e. The largest absolute Gasteiger partial charge is 0.323 e. The van der Waals surface area contributed by atoms with E-state index in [1.165, 1.54) is 12.1 Å². The van der Waals surface area contributed by atoms with Crippen LogP contribution in [0, 0.1) is 5.82 Å². The number of aromatic nitrogens is 1. The fourth-order valence-electron chi connectivity index (χ4n) is 1.54. The third-order valence-corrected chi connectivity index (χ3v) is 3.42. The van der Waals surface area contributed by atoms with Crippen LogP contribution in [0.4, 0.5) is 10.1 Å². The SMILES string of the molecule is O=C(Cc1c(F)cccc1Cl)Nc1cccnc1Br. The van der Waals surface area contributed by atoms with Gasteiger partial charge in [-0.3, -0.25) is 4.79 Å². The van der Waals surface area contributed by atoms with Crippen molar-refractivity contribution in [1.29, 1.82) is 0 Å². The lowest BCUT2D eigenvalue weighted by Crippen LogP contribution is -2.16. The second-order valence-corrected chi connectivity index (χ2v) is 4.93. The van der Waals surface area contributed by atoms with Crippen molar-refractivity contribution in [1.82, 2.24) is 4.98 Å². The minimum atomic E-state index is -0.493. The van der Waals surface area contributed by atoms with Gasteiger partial charge in [0.05, 0.1) is 12.1 Å². The highest BCUT2D eigenvalue weighted by atomic mass is 79.9. The molecular formula is C13H9BrClFN2O. The van der Waals surface area contributed by atoms with Crippen LogP contribution in [0.5, 0.6) is 0 Å². The van der Waals surface area contributed by atoms with Crippen molar-refractivity contribution in [2.45, 2.75) is 6.42 Å². The van der Waals surface area contributed by atoms with Crippen LogP contribution in [0.25, 0.3) is 0 Å². The summed E-state index contributed by atoms with van der Waals surface area (Å²) in [5.41, 5.74) is 0.710. The molecule has 1 aromatic carbocycles. The van der Waals surface area contributed by atoms with Gasteiger partial charge in [0.15, 0.2) is 0 Å². The molecule has 0 unspecified atom stereocenters. The van der Waals surface area contributed by atoms with Gasteiger partial charge < -0.3 is 5.32 Å². The molecule has 98 valence electrons. The van der Waals surface area contributed by atoms with Gasteiger partial charge in [-0.2, -0.15) is 0 Å². The number of carbonyl (C=O) groups is 1. The number of nitrogens with zero attached hydrogens (tertiary/aromatic N) is 1. The Hall–Kier alpha value is -1.46. The van der Waals surface area contributed by atoms with Crippen LogP contribution in [0.15, 0.2) is 41.1 Å². The Labute approximate surface area is 122 Å². The molecule has 0 fully saturated rings. The Morgan fingerprint density at radius 3 is 2.84 bits per heavy atom. The Morgan fingerprint density at radius 2 is 2.16 bits per heavy atom. The van der Waals surface area contributed by atoms with Crippen molar-refractivity contribution in [2.24, 2.45) is 0 Å². The molecule has 0 spiro atoms. The van der Waals surface area contributed by atoms with E-state index in [2.05, 4.69) is 26.2 Å². The molecule has 0 radical (unpaired) electrons. The summed E-state index contributed by atoms with van der Waals surface area (Å²) in [7, 11) is 0. The van der Waals surface area contributed by atoms with Gasteiger partial charge >= 0.3 is 0 Å². The molecule has 3 nitrogen and oxygen atoms in total. The highest BCUT2D eigenvalue weighted by Crippen LogP contribution is 2.21. The molecule has 0 saturated heterocycles. The summed E-state index contributed by atoms with van der Waals surface area (Å²) in [6.45, 7) is 0. The molecule has 1 heterocycles. The molecule has 19 heavy (non-hydrogen) atoms. The summed E-state index contributed by atoms with van der Waals surface area (Å²) in [5.74, 6) is -0.853. The molecule has 6 heteroatoms. The van der Waals surface area contributed by atoms with Gasteiger partial charge in [0.1, 0.15) is 10.4 Å². The van der Waals surface area contributed by atoms with Crippen LogP contribution >= 0.6 is 27.5 Å². The fraction of sp³-hybridized carbons (Fsp3) is 0.0769. The molecular weight excluding hydrogens is 335 g/mol. The zero-order valence-electron chi connectivity index (χ0n) is 9.66. The molecule has 0 aliphatic rings. The maximum absolute atomic E-state index is 13.5. The zero-order valence-corrected chi connectivity index (χ0v) is 12.0. The number of benzene rings is 1. The van der Waals surface area contributed by atoms with Crippen LogP contribution in [0.3, 0.4) is 0 Å². The molecule has 1 aromatic heterocycles. The minimum Gasteiger partial charge on any atom is -0.323 e. The van der Waals surface area contributed by atoms with E-state index in [4.69, 9.17) is 11.6 Å². The van der Waals surface area contributed by atoms with Gasteiger partial charge in [-0.05, 0) is 40.2 Å². The van der Waals surface area contributed by atoms with E-state index in [0.29, 0.717) is 10.3 Å². The summed E-state index contributed by atoms with van der Waals surface area (Å²) in [6.07, 6.45) is 1.46. The van der Waals surface area contributed by atoms with Crippen molar-refractivity contribution in [3.8, 4) is 0 Å². The Bertz CT molecular complexity index is 601. The molecule has 1 N–H and O–H groups in total. The van der Waals surface area contributed by atoms with Crippen molar-refractivity contribution in [2.75, 3.05) is 5.32 Å². The van der Waals surface area contributed by atoms with Crippen LogP contribution in [0.1, 0.15) is 5.56 Å². The van der Waals surface area contributed by atoms with Crippen molar-refractivity contribution >= 4 is 39.1 Å². The van der Waals surface area contributed by atoms with Crippen molar-refractivity contribution in [3.05, 3.63) is 57.5 Å². The second kappa shape index (κ2) is 6.12. The normalized spacial score (nSPS) is 10.3. The lowest BCUT2D eigenvalue weighted by Gasteiger charge is -2.08. The average molecular weight is 344 g/mol. The first-order chi connectivity index (χ1) is 9.08. The standard InChI is InChI=1S/C13H9BrClFN2O/c14-13-11(5-2-6-17-13)18-12(19)7-8-9(15)3-1-4-10(8)16/h1-6H,7H2,(H,18,19). The van der Waals surface area contributed by atoms with E-state index in [1.54, 1.807) is 24.4 Å². The Morgan fingerprint density at radius 1 is 1.37 bits per heavy atom. The zero-order chi connectivity index (χ0) is 13.8. The summed E-state index contributed by atoms with van der Waals surface area (Å²) >= 11 is 9.08. The topological polar surface area (TPSA) is 42.0 Å². The first kappa shape index (κ1) is 14.0. The summed E-state index contributed by atoms with van der Waals surface area (Å²) < 4.78 is 14.1. The fourth-order valence-corrected chi connectivity index (χ4v) is 2.11. The molecule has 0 bridgehead atoms. The lowest BCUT2D eigenvalue weighted by atomic mass is 10.1. The average Bonchev–Trinajstić information content (AvgIpc) is 2.37. The number of pyridine rings is 1. The summed E-state index contributed by atoms with van der Waals surface area (Å²) in [6, 6.07) is 7.70. The van der Waals surface area contributed by atoms with Gasteiger partial charge in [0.25, 0.3) is 0 Å². The van der Waals surface area contributed by atoms with Gasteiger partial charge in [-0.25, -0.2) is 9.37 Å². The monoisotopic (exact) mass is 342 g/mol. The van der Waals surface area contributed by atoms with E-state index < -0.39 is 5.82 Å². The van der Waals surface area contributed by atoms with Gasteiger partial charge in [0.2, 0.25) is 5.91 Å². The molecule has 2 rings (SSSR count). The van der Waals surface area contributed by atoms with Crippen LogP contribution in [0.2, 0.25) is 5.02 Å². The highest BCUT2D eigenvalue weighted by molar-refractivity contribution is 9.10. The molecule has 2 aromatic rings. The highest BCUT2D eigenvalue weighted by Gasteiger charge is 2.13. The molecule has 0 atom stereocenters. The third kappa shape index (κ3) is 3.52. The predicted octanol–water partition coefficient (Wildman–Crippen LogP) is 3.82. The number of hydrogen-bond acceptors (Lipinski definition) is 2. The van der Waals surface area contributed by atoms with Crippen LogP contribution in [-0.4, -0.2) is 10.9 Å². The second-order valence-electron chi connectivity index (χ2n) is 3.77. The number of amides is 1. The first-order valence-electron chi connectivity index (χ1n) is 5.41. The van der Waals surface area contributed by atoms with E-state index in [0.717, 1.165) is 0 Å². The minimum absolute atomic E-state index is 0.132. The Kier molecular flexibility index (Phi) is 4.50. The molecule has 0 aliphatic heterocycles. The van der Waals surface area contributed by atoms with Crippen molar-refractivity contribution < 1.29 is 9.18 Å². The Balaban J connectivity index is 2.12. The first-order valence-corrected chi connectivity index (χ1v) is 6.58. The van der Waals surface area contributed by atoms with Gasteiger partial charge in [-0.1, -0.05) is 17.7 Å². The molecule has 0 aliphatic carbocycles. The van der Waals surface area contributed by atoms with Gasteiger partial charge in [-0.15, -0.1) is 0 Å². The smallest absolute Gasteiger partial charge is 0.229 e. The van der Waals surface area contributed by atoms with Crippen molar-refractivity contribution in [3.63, 3.8) is 0 Å². The predicted molar refractivity (Wildman–Crippen MR) is 75.7 cm³/mol. The van der Waals surface area contributed by atoms with Gasteiger partial charge in [0, 0.05) is 16.8 Å². The maximum atomic E-state index is 13.5. The van der Waals surface area contributed by atoms with Crippen LogP contribution < -0.4 is 5.32 Å². The summed E-state index contributed by atoms with van der Waals surface area (Å²) in [5, 5.41) is 2.88. The molecule has 0 saturated carbocycles. The number of anilines is 1. The van der Waals surface area contributed by atoms with E-state index in [1.807, 2.05) is 0 Å². The van der Waals surface area contributed by atoms with Crippen LogP contribution in [-0.2, 0) is 11.2 Å². The summed E-state index contributed by atoms with van der Waals surface area (Å²) in [4.78, 5) is 15.8. The van der Waals surface area contributed by atoms with E-state index in [9.17, 15) is 9.18 Å². The third-order valence-electron chi connectivity index (χ3n) is 2.43. The van der Waals surface area contributed by atoms with E-state index >= 15 is 0 Å². The number of nitrogens with one attached hydrogen (secondary N) is 1. The quantitative estimate of drug-likeness (QED) is 0.861.